The predicted molar refractivity (Wildman–Crippen MR) is 95.2 cm³/mol. The van der Waals surface area contributed by atoms with Crippen molar-refractivity contribution in [3.8, 4) is 11.5 Å². The van der Waals surface area contributed by atoms with E-state index in [1.807, 2.05) is 18.4 Å². The van der Waals surface area contributed by atoms with Crippen molar-refractivity contribution < 1.29 is 14.2 Å². The van der Waals surface area contributed by atoms with E-state index in [2.05, 4.69) is 14.9 Å². The Bertz CT molecular complexity index is 677. The van der Waals surface area contributed by atoms with E-state index in [1.54, 1.807) is 25.2 Å². The number of morpholine rings is 1. The first kappa shape index (κ1) is 17.3. The van der Waals surface area contributed by atoms with Crippen LogP contribution in [0.25, 0.3) is 10.9 Å². The number of hydrogen-bond acceptors (Lipinski definition) is 7. The fourth-order valence-corrected chi connectivity index (χ4v) is 3.31. The number of fused-ring (bicyclic) bond motifs is 1. The van der Waals surface area contributed by atoms with Crippen molar-refractivity contribution in [2.24, 2.45) is 0 Å². The lowest BCUT2D eigenvalue weighted by Gasteiger charge is -2.26. The van der Waals surface area contributed by atoms with E-state index in [9.17, 15) is 0 Å². The molecule has 0 unspecified atom stereocenters. The number of benzene rings is 1. The van der Waals surface area contributed by atoms with Gasteiger partial charge in [0.2, 0.25) is 0 Å². The number of ether oxygens (including phenoxy) is 3. The Labute approximate surface area is 146 Å². The van der Waals surface area contributed by atoms with Crippen LogP contribution in [0.15, 0.2) is 23.5 Å². The molecule has 130 valence electrons. The molecule has 1 fully saturated rings. The molecule has 2 aromatic rings. The SMILES string of the molecule is COc1cc2ncnc(SC)c2cc1OCCCN1CCOCC1. The minimum Gasteiger partial charge on any atom is -0.493 e. The molecule has 0 spiro atoms. The minimum absolute atomic E-state index is 0.654. The Kier molecular flexibility index (Phi) is 6.12. The lowest BCUT2D eigenvalue weighted by Crippen LogP contribution is -2.37. The zero-order valence-corrected chi connectivity index (χ0v) is 15.0. The molecule has 3 rings (SSSR count). The summed E-state index contributed by atoms with van der Waals surface area (Å²) in [6, 6.07) is 3.89. The van der Waals surface area contributed by atoms with Gasteiger partial charge in [-0.05, 0) is 18.7 Å². The van der Waals surface area contributed by atoms with Crippen LogP contribution >= 0.6 is 11.8 Å². The van der Waals surface area contributed by atoms with Crippen molar-refractivity contribution in [3.05, 3.63) is 18.5 Å². The maximum atomic E-state index is 5.98. The van der Waals surface area contributed by atoms with Gasteiger partial charge in [-0.3, -0.25) is 4.90 Å². The molecular formula is C17H23N3O3S. The minimum atomic E-state index is 0.654. The third-order valence-corrected chi connectivity index (χ3v) is 4.77. The molecule has 2 heterocycles. The summed E-state index contributed by atoms with van der Waals surface area (Å²) < 4.78 is 16.8. The van der Waals surface area contributed by atoms with E-state index in [0.29, 0.717) is 12.4 Å². The van der Waals surface area contributed by atoms with E-state index < -0.39 is 0 Å². The summed E-state index contributed by atoms with van der Waals surface area (Å²) in [4.78, 5) is 11.0. The average molecular weight is 349 g/mol. The van der Waals surface area contributed by atoms with Gasteiger partial charge < -0.3 is 14.2 Å². The van der Waals surface area contributed by atoms with Crippen LogP contribution in [-0.2, 0) is 4.74 Å². The van der Waals surface area contributed by atoms with Gasteiger partial charge in [0.1, 0.15) is 11.4 Å². The van der Waals surface area contributed by atoms with Gasteiger partial charge in [-0.2, -0.15) is 0 Å². The second-order valence-electron chi connectivity index (χ2n) is 5.56. The summed E-state index contributed by atoms with van der Waals surface area (Å²) in [5, 5.41) is 1.94. The highest BCUT2D eigenvalue weighted by Crippen LogP contribution is 2.34. The van der Waals surface area contributed by atoms with Crippen LogP contribution in [0.3, 0.4) is 0 Å². The van der Waals surface area contributed by atoms with Gasteiger partial charge in [0.25, 0.3) is 0 Å². The Morgan fingerprint density at radius 2 is 2.04 bits per heavy atom. The molecule has 7 heteroatoms. The summed E-state index contributed by atoms with van der Waals surface area (Å²) in [5.41, 5.74) is 0.867. The second-order valence-corrected chi connectivity index (χ2v) is 6.35. The quantitative estimate of drug-likeness (QED) is 0.432. The van der Waals surface area contributed by atoms with E-state index in [1.165, 1.54) is 0 Å². The number of rotatable bonds is 7. The highest BCUT2D eigenvalue weighted by atomic mass is 32.2. The van der Waals surface area contributed by atoms with E-state index in [0.717, 1.165) is 60.9 Å². The lowest BCUT2D eigenvalue weighted by molar-refractivity contribution is 0.0357. The molecule has 1 aliphatic heterocycles. The van der Waals surface area contributed by atoms with E-state index in [4.69, 9.17) is 14.2 Å². The van der Waals surface area contributed by atoms with Crippen LogP contribution in [0.4, 0.5) is 0 Å². The first-order valence-electron chi connectivity index (χ1n) is 8.11. The van der Waals surface area contributed by atoms with Gasteiger partial charge in [0, 0.05) is 31.1 Å². The molecule has 6 nitrogen and oxygen atoms in total. The Balaban J connectivity index is 1.66. The van der Waals surface area contributed by atoms with Crippen molar-refractivity contribution in [1.29, 1.82) is 0 Å². The van der Waals surface area contributed by atoms with Crippen LogP contribution < -0.4 is 9.47 Å². The number of aromatic nitrogens is 2. The smallest absolute Gasteiger partial charge is 0.162 e. The molecule has 1 aromatic carbocycles. The molecule has 1 aromatic heterocycles. The molecule has 1 aliphatic rings. The zero-order valence-electron chi connectivity index (χ0n) is 14.2. The zero-order chi connectivity index (χ0) is 16.8. The number of thioether (sulfide) groups is 1. The first-order valence-corrected chi connectivity index (χ1v) is 9.34. The highest BCUT2D eigenvalue weighted by Gasteiger charge is 2.12. The predicted octanol–water partition coefficient (Wildman–Crippen LogP) is 2.46. The summed E-state index contributed by atoms with van der Waals surface area (Å²) in [6.45, 7) is 5.36. The second kappa shape index (κ2) is 8.50. The molecule has 0 radical (unpaired) electrons. The lowest BCUT2D eigenvalue weighted by atomic mass is 10.2. The molecule has 24 heavy (non-hydrogen) atoms. The van der Waals surface area contributed by atoms with Crippen LogP contribution in [-0.4, -0.2) is 67.7 Å². The Hall–Kier alpha value is -1.57. The Morgan fingerprint density at radius 3 is 2.79 bits per heavy atom. The van der Waals surface area contributed by atoms with E-state index in [-0.39, 0.29) is 0 Å². The fourth-order valence-electron chi connectivity index (χ4n) is 2.77. The molecular weight excluding hydrogens is 326 g/mol. The van der Waals surface area contributed by atoms with Gasteiger partial charge in [-0.1, -0.05) is 0 Å². The van der Waals surface area contributed by atoms with Gasteiger partial charge in [0.15, 0.2) is 11.5 Å². The third kappa shape index (κ3) is 4.09. The molecule has 0 bridgehead atoms. The van der Waals surface area contributed by atoms with Crippen LogP contribution in [0.1, 0.15) is 6.42 Å². The Morgan fingerprint density at radius 1 is 1.21 bits per heavy atom. The fraction of sp³-hybridized carbons (Fsp3) is 0.529. The topological polar surface area (TPSA) is 56.7 Å². The normalized spacial score (nSPS) is 15.6. The number of hydrogen-bond donors (Lipinski definition) is 0. The van der Waals surface area contributed by atoms with Crippen LogP contribution in [0.5, 0.6) is 11.5 Å². The number of methoxy groups -OCH3 is 1. The summed E-state index contributed by atoms with van der Waals surface area (Å²) >= 11 is 1.60. The molecule has 1 saturated heterocycles. The molecule has 0 atom stereocenters. The standard InChI is InChI=1S/C17H23N3O3S/c1-21-15-11-14-13(17(24-2)19-12-18-14)10-16(15)23-7-3-4-20-5-8-22-9-6-20/h10-12H,3-9H2,1-2H3. The van der Waals surface area contributed by atoms with Gasteiger partial charge in [0.05, 0.1) is 32.4 Å². The molecule has 0 N–H and O–H groups in total. The first-order chi connectivity index (χ1) is 11.8. The summed E-state index contributed by atoms with van der Waals surface area (Å²) in [5.74, 6) is 1.46. The summed E-state index contributed by atoms with van der Waals surface area (Å²) in [7, 11) is 1.65. The van der Waals surface area contributed by atoms with Gasteiger partial charge >= 0.3 is 0 Å². The summed E-state index contributed by atoms with van der Waals surface area (Å²) in [6.07, 6.45) is 4.56. The van der Waals surface area contributed by atoms with E-state index >= 15 is 0 Å². The van der Waals surface area contributed by atoms with Crippen molar-refractivity contribution in [2.75, 3.05) is 52.8 Å². The van der Waals surface area contributed by atoms with Crippen molar-refractivity contribution >= 4 is 22.7 Å². The number of nitrogens with zero attached hydrogens (tertiary/aromatic N) is 3. The van der Waals surface area contributed by atoms with Crippen molar-refractivity contribution in [2.45, 2.75) is 11.4 Å². The maximum Gasteiger partial charge on any atom is 0.162 e. The highest BCUT2D eigenvalue weighted by molar-refractivity contribution is 7.98. The molecule has 0 aliphatic carbocycles. The van der Waals surface area contributed by atoms with Gasteiger partial charge in [-0.15, -0.1) is 11.8 Å². The van der Waals surface area contributed by atoms with Crippen LogP contribution in [0, 0.1) is 0 Å². The maximum absolute atomic E-state index is 5.98. The largest absolute Gasteiger partial charge is 0.493 e. The molecule has 0 amide bonds. The van der Waals surface area contributed by atoms with Crippen LogP contribution in [0.2, 0.25) is 0 Å². The molecule has 0 saturated carbocycles. The third-order valence-electron chi connectivity index (χ3n) is 4.06. The van der Waals surface area contributed by atoms with Crippen molar-refractivity contribution in [1.82, 2.24) is 14.9 Å². The monoisotopic (exact) mass is 349 g/mol. The average Bonchev–Trinajstić information content (AvgIpc) is 2.64. The van der Waals surface area contributed by atoms with Gasteiger partial charge in [-0.25, -0.2) is 9.97 Å². The van der Waals surface area contributed by atoms with Crippen molar-refractivity contribution in [3.63, 3.8) is 0 Å².